The van der Waals surface area contributed by atoms with Gasteiger partial charge in [0.15, 0.2) is 5.78 Å². The van der Waals surface area contributed by atoms with E-state index < -0.39 is 0 Å². The first-order chi connectivity index (χ1) is 10.7. The van der Waals surface area contributed by atoms with Crippen LogP contribution in [0.5, 0.6) is 0 Å². The van der Waals surface area contributed by atoms with Gasteiger partial charge in [0.25, 0.3) is 0 Å². The highest BCUT2D eigenvalue weighted by Gasteiger charge is 2.16. The van der Waals surface area contributed by atoms with Crippen LogP contribution in [0.15, 0.2) is 29.4 Å². The molecule has 0 bridgehead atoms. The number of carbonyl (C=O) groups excluding carboxylic acids is 1. The van der Waals surface area contributed by atoms with Crippen LogP contribution < -0.4 is 0 Å². The van der Waals surface area contributed by atoms with Crippen LogP contribution in [0.3, 0.4) is 0 Å². The highest BCUT2D eigenvalue weighted by molar-refractivity contribution is 7.99. The van der Waals surface area contributed by atoms with Gasteiger partial charge in [-0.25, -0.2) is 4.68 Å². The first-order valence-electron chi connectivity index (χ1n) is 7.72. The highest BCUT2D eigenvalue weighted by atomic mass is 32.2. The van der Waals surface area contributed by atoms with Crippen molar-refractivity contribution in [3.63, 3.8) is 0 Å². The number of tetrazole rings is 1. The summed E-state index contributed by atoms with van der Waals surface area (Å²) in [5.74, 6) is 1.15. The molecule has 0 N–H and O–H groups in total. The van der Waals surface area contributed by atoms with Crippen molar-refractivity contribution in [2.75, 3.05) is 5.75 Å². The summed E-state index contributed by atoms with van der Waals surface area (Å²) in [6, 6.07) is 8.17. The summed E-state index contributed by atoms with van der Waals surface area (Å²) in [6.07, 6.45) is 6.58. The van der Waals surface area contributed by atoms with Crippen molar-refractivity contribution in [1.29, 1.82) is 0 Å². The second kappa shape index (κ2) is 7.05. The zero-order valence-corrected chi connectivity index (χ0v) is 13.6. The van der Waals surface area contributed by atoms with Crippen LogP contribution in [0.25, 0.3) is 0 Å². The fraction of sp³-hybridized carbons (Fsp3) is 0.500. The monoisotopic (exact) mass is 316 g/mol. The fourth-order valence-corrected chi connectivity index (χ4v) is 3.68. The summed E-state index contributed by atoms with van der Waals surface area (Å²) < 4.78 is 1.57. The van der Waals surface area contributed by atoms with Gasteiger partial charge in [0, 0.05) is 12.6 Å². The van der Waals surface area contributed by atoms with Crippen LogP contribution in [-0.4, -0.2) is 31.7 Å². The highest BCUT2D eigenvalue weighted by Crippen LogP contribution is 2.32. The van der Waals surface area contributed by atoms with Crippen molar-refractivity contribution in [2.24, 2.45) is 7.05 Å². The maximum atomic E-state index is 12.2. The van der Waals surface area contributed by atoms with Crippen LogP contribution in [-0.2, 0) is 7.05 Å². The molecule has 1 saturated carbocycles. The van der Waals surface area contributed by atoms with E-state index in [4.69, 9.17) is 0 Å². The number of ketones is 1. The number of carbonyl (C=O) groups is 1. The van der Waals surface area contributed by atoms with Crippen molar-refractivity contribution >= 4 is 17.5 Å². The number of nitrogens with zero attached hydrogens (tertiary/aromatic N) is 4. The van der Waals surface area contributed by atoms with E-state index >= 15 is 0 Å². The Hall–Kier alpha value is -1.69. The maximum Gasteiger partial charge on any atom is 0.209 e. The number of thioether (sulfide) groups is 1. The number of aryl methyl sites for hydroxylation is 1. The quantitative estimate of drug-likeness (QED) is 0.626. The summed E-state index contributed by atoms with van der Waals surface area (Å²) >= 11 is 1.37. The minimum atomic E-state index is 0.114. The number of hydrogen-bond acceptors (Lipinski definition) is 5. The topological polar surface area (TPSA) is 60.7 Å². The van der Waals surface area contributed by atoms with Gasteiger partial charge in [-0.1, -0.05) is 55.3 Å². The third kappa shape index (κ3) is 3.55. The van der Waals surface area contributed by atoms with E-state index in [0.29, 0.717) is 16.8 Å². The SMILES string of the molecule is Cn1nnnc1SCC(=O)c1ccc(C2CCCCC2)cc1. The molecule has 1 fully saturated rings. The molecule has 0 amide bonds. The van der Waals surface area contributed by atoms with Crippen molar-refractivity contribution in [3.8, 4) is 0 Å². The van der Waals surface area contributed by atoms with Gasteiger partial charge in [-0.3, -0.25) is 4.79 Å². The molecule has 116 valence electrons. The lowest BCUT2D eigenvalue weighted by Crippen LogP contribution is -2.07. The number of hydrogen-bond donors (Lipinski definition) is 0. The van der Waals surface area contributed by atoms with E-state index in [1.54, 1.807) is 11.7 Å². The number of rotatable bonds is 5. The predicted octanol–water partition coefficient (Wildman–Crippen LogP) is 3.23. The summed E-state index contributed by atoms with van der Waals surface area (Å²) in [4.78, 5) is 12.2. The van der Waals surface area contributed by atoms with Crippen LogP contribution in [0.4, 0.5) is 0 Å². The van der Waals surface area contributed by atoms with Crippen LogP contribution in [0.1, 0.15) is 53.9 Å². The Morgan fingerprint density at radius 1 is 1.23 bits per heavy atom. The number of Topliss-reactive ketones (excluding diaryl/α,β-unsaturated/α-hetero) is 1. The van der Waals surface area contributed by atoms with Crippen LogP contribution >= 0.6 is 11.8 Å². The van der Waals surface area contributed by atoms with Gasteiger partial charge in [-0.2, -0.15) is 0 Å². The van der Waals surface area contributed by atoms with Gasteiger partial charge in [-0.05, 0) is 34.7 Å². The molecular formula is C16H20N4OS. The van der Waals surface area contributed by atoms with E-state index in [1.807, 2.05) is 12.1 Å². The van der Waals surface area contributed by atoms with E-state index in [2.05, 4.69) is 27.7 Å². The minimum Gasteiger partial charge on any atom is -0.293 e. The molecule has 0 atom stereocenters. The predicted molar refractivity (Wildman–Crippen MR) is 86.1 cm³/mol. The minimum absolute atomic E-state index is 0.114. The van der Waals surface area contributed by atoms with Gasteiger partial charge < -0.3 is 0 Å². The zero-order valence-electron chi connectivity index (χ0n) is 12.7. The molecule has 1 aromatic heterocycles. The molecule has 1 heterocycles. The average molecular weight is 316 g/mol. The summed E-state index contributed by atoms with van der Waals surface area (Å²) in [7, 11) is 1.77. The Labute approximate surface area is 134 Å². The zero-order chi connectivity index (χ0) is 15.4. The van der Waals surface area contributed by atoms with Gasteiger partial charge in [0.1, 0.15) is 0 Å². The lowest BCUT2D eigenvalue weighted by Gasteiger charge is -2.22. The van der Waals surface area contributed by atoms with Crippen molar-refractivity contribution in [3.05, 3.63) is 35.4 Å². The molecule has 0 spiro atoms. The first kappa shape index (κ1) is 15.2. The van der Waals surface area contributed by atoms with Gasteiger partial charge >= 0.3 is 0 Å². The Morgan fingerprint density at radius 2 is 1.95 bits per heavy atom. The lowest BCUT2D eigenvalue weighted by molar-refractivity contribution is 0.102. The van der Waals surface area contributed by atoms with E-state index in [0.717, 1.165) is 5.56 Å². The average Bonchev–Trinajstić information content (AvgIpc) is 2.99. The Kier molecular flexibility index (Phi) is 4.87. The van der Waals surface area contributed by atoms with E-state index in [9.17, 15) is 4.79 Å². The van der Waals surface area contributed by atoms with Crippen LogP contribution in [0, 0.1) is 0 Å². The Morgan fingerprint density at radius 3 is 2.59 bits per heavy atom. The smallest absolute Gasteiger partial charge is 0.209 e. The third-order valence-electron chi connectivity index (χ3n) is 4.22. The van der Waals surface area contributed by atoms with E-state index in [1.165, 1.54) is 49.4 Å². The van der Waals surface area contributed by atoms with Gasteiger partial charge in [0.05, 0.1) is 5.75 Å². The fourth-order valence-electron chi connectivity index (χ4n) is 2.93. The molecule has 1 aliphatic rings. The molecule has 0 radical (unpaired) electrons. The molecule has 6 heteroatoms. The van der Waals surface area contributed by atoms with E-state index in [-0.39, 0.29) is 5.78 Å². The summed E-state index contributed by atoms with van der Waals surface area (Å²) in [5.41, 5.74) is 2.14. The first-order valence-corrected chi connectivity index (χ1v) is 8.71. The van der Waals surface area contributed by atoms with Gasteiger partial charge in [0.2, 0.25) is 5.16 Å². The Balaban J connectivity index is 1.59. The third-order valence-corrected chi connectivity index (χ3v) is 5.23. The van der Waals surface area contributed by atoms with Crippen LogP contribution in [0.2, 0.25) is 0 Å². The standard InChI is InChI=1S/C16H20N4OS/c1-20-16(17-18-19-20)22-11-15(21)14-9-7-13(8-10-14)12-5-3-2-4-6-12/h7-10,12H,2-6,11H2,1H3. The second-order valence-electron chi connectivity index (χ2n) is 5.75. The summed E-state index contributed by atoms with van der Waals surface area (Å²) in [5, 5.41) is 11.8. The van der Waals surface area contributed by atoms with Crippen molar-refractivity contribution < 1.29 is 4.79 Å². The molecule has 1 aliphatic carbocycles. The number of benzene rings is 1. The van der Waals surface area contributed by atoms with Crippen molar-refractivity contribution in [2.45, 2.75) is 43.2 Å². The molecule has 0 unspecified atom stereocenters. The Bertz CT molecular complexity index is 632. The molecular weight excluding hydrogens is 296 g/mol. The molecule has 3 rings (SSSR count). The second-order valence-corrected chi connectivity index (χ2v) is 6.70. The molecule has 22 heavy (non-hydrogen) atoms. The molecule has 2 aromatic rings. The summed E-state index contributed by atoms with van der Waals surface area (Å²) in [6.45, 7) is 0. The molecule has 5 nitrogen and oxygen atoms in total. The largest absolute Gasteiger partial charge is 0.293 e. The maximum absolute atomic E-state index is 12.2. The molecule has 0 aliphatic heterocycles. The number of aromatic nitrogens is 4. The normalized spacial score (nSPS) is 15.9. The molecule has 0 saturated heterocycles. The van der Waals surface area contributed by atoms with Crippen molar-refractivity contribution in [1.82, 2.24) is 20.2 Å². The van der Waals surface area contributed by atoms with Gasteiger partial charge in [-0.15, -0.1) is 5.10 Å². The molecule has 1 aromatic carbocycles. The lowest BCUT2D eigenvalue weighted by atomic mass is 9.84.